The summed E-state index contributed by atoms with van der Waals surface area (Å²) in [6.07, 6.45) is -1.09. The monoisotopic (exact) mass is 419 g/mol. The first kappa shape index (κ1) is 21.5. The average molecular weight is 420 g/mol. The second kappa shape index (κ2) is 8.69. The Morgan fingerprint density at radius 3 is 2.50 bits per heavy atom. The number of nitrogens with one attached hydrogen (secondary N) is 1. The summed E-state index contributed by atoms with van der Waals surface area (Å²) >= 11 is 0. The zero-order valence-electron chi connectivity index (χ0n) is 16.1. The predicted octanol–water partition coefficient (Wildman–Crippen LogP) is 3.24. The molecule has 9 heteroatoms. The Labute approximate surface area is 165 Å². The van der Waals surface area contributed by atoms with Crippen molar-refractivity contribution in [1.29, 1.82) is 0 Å². The van der Waals surface area contributed by atoms with E-state index in [0.717, 1.165) is 18.9 Å². The highest BCUT2D eigenvalue weighted by Gasteiger charge is 2.32. The molecule has 0 amide bonds. The standard InChI is InChI=1S/C19H28F3N3O2S/c1-15-4-3-9-25(13-15)28(26,27)23-18-7-10-24(11-8-18)14-16-5-2-6-17(12-16)19(20,21)22/h2,5-6,12,15,18,23H,3-4,7-11,13-14H2,1H3. The van der Waals surface area contributed by atoms with Crippen molar-refractivity contribution in [2.75, 3.05) is 26.2 Å². The number of benzene rings is 1. The number of likely N-dealkylation sites (tertiary alicyclic amines) is 1. The molecule has 28 heavy (non-hydrogen) atoms. The van der Waals surface area contributed by atoms with Gasteiger partial charge in [0.25, 0.3) is 10.2 Å². The van der Waals surface area contributed by atoms with E-state index >= 15 is 0 Å². The van der Waals surface area contributed by atoms with Crippen molar-refractivity contribution >= 4 is 10.2 Å². The van der Waals surface area contributed by atoms with Crippen LogP contribution in [0.5, 0.6) is 0 Å². The summed E-state index contributed by atoms with van der Waals surface area (Å²) in [5, 5.41) is 0. The van der Waals surface area contributed by atoms with Gasteiger partial charge in [0.05, 0.1) is 5.56 Å². The van der Waals surface area contributed by atoms with Crippen LogP contribution in [0.3, 0.4) is 0 Å². The van der Waals surface area contributed by atoms with Crippen LogP contribution in [0.2, 0.25) is 0 Å². The highest BCUT2D eigenvalue weighted by atomic mass is 32.2. The van der Waals surface area contributed by atoms with Gasteiger partial charge in [-0.15, -0.1) is 0 Å². The predicted molar refractivity (Wildman–Crippen MR) is 102 cm³/mol. The topological polar surface area (TPSA) is 52.7 Å². The maximum absolute atomic E-state index is 12.9. The number of hydrogen-bond donors (Lipinski definition) is 1. The molecule has 0 bridgehead atoms. The van der Waals surface area contributed by atoms with Gasteiger partial charge in [-0.05, 0) is 43.2 Å². The van der Waals surface area contributed by atoms with Gasteiger partial charge in [0, 0.05) is 38.8 Å². The minimum atomic E-state index is -4.34. The molecule has 3 rings (SSSR count). The third kappa shape index (κ3) is 5.68. The molecule has 0 radical (unpaired) electrons. The van der Waals surface area contributed by atoms with E-state index in [1.807, 2.05) is 0 Å². The van der Waals surface area contributed by atoms with Crippen molar-refractivity contribution in [3.63, 3.8) is 0 Å². The van der Waals surface area contributed by atoms with Gasteiger partial charge in [0.2, 0.25) is 0 Å². The highest BCUT2D eigenvalue weighted by Crippen LogP contribution is 2.30. The van der Waals surface area contributed by atoms with E-state index in [1.54, 1.807) is 6.07 Å². The van der Waals surface area contributed by atoms with Crippen molar-refractivity contribution in [3.05, 3.63) is 35.4 Å². The molecule has 2 fully saturated rings. The van der Waals surface area contributed by atoms with E-state index in [0.29, 0.717) is 57.0 Å². The number of nitrogens with zero attached hydrogens (tertiary/aromatic N) is 2. The molecule has 0 saturated carbocycles. The smallest absolute Gasteiger partial charge is 0.299 e. The van der Waals surface area contributed by atoms with Gasteiger partial charge in [-0.3, -0.25) is 4.90 Å². The van der Waals surface area contributed by atoms with Crippen molar-refractivity contribution in [3.8, 4) is 0 Å². The number of halogens is 3. The largest absolute Gasteiger partial charge is 0.416 e. The molecule has 158 valence electrons. The molecule has 2 heterocycles. The average Bonchev–Trinajstić information content (AvgIpc) is 2.63. The zero-order valence-corrected chi connectivity index (χ0v) is 16.9. The Morgan fingerprint density at radius 1 is 1.14 bits per heavy atom. The number of alkyl halides is 3. The van der Waals surface area contributed by atoms with E-state index < -0.39 is 21.9 Å². The maximum atomic E-state index is 12.9. The molecule has 1 N–H and O–H groups in total. The van der Waals surface area contributed by atoms with Crippen molar-refractivity contribution in [2.24, 2.45) is 5.92 Å². The van der Waals surface area contributed by atoms with Crippen LogP contribution in [0.25, 0.3) is 0 Å². The molecular formula is C19H28F3N3O2S. The van der Waals surface area contributed by atoms with Crippen LogP contribution in [0.1, 0.15) is 43.7 Å². The molecule has 0 aromatic heterocycles. The Morgan fingerprint density at radius 2 is 1.86 bits per heavy atom. The minimum Gasteiger partial charge on any atom is -0.299 e. The number of rotatable bonds is 5. The van der Waals surface area contributed by atoms with E-state index in [2.05, 4.69) is 16.5 Å². The quantitative estimate of drug-likeness (QED) is 0.797. The first-order chi connectivity index (χ1) is 13.1. The first-order valence-corrected chi connectivity index (χ1v) is 11.2. The molecule has 1 atom stereocenters. The Balaban J connectivity index is 1.51. The van der Waals surface area contributed by atoms with E-state index in [4.69, 9.17) is 0 Å². The minimum absolute atomic E-state index is 0.125. The summed E-state index contributed by atoms with van der Waals surface area (Å²) < 4.78 is 68.1. The van der Waals surface area contributed by atoms with Gasteiger partial charge in [-0.1, -0.05) is 25.1 Å². The summed E-state index contributed by atoms with van der Waals surface area (Å²) in [6, 6.07) is 5.26. The molecule has 2 aliphatic heterocycles. The second-order valence-corrected chi connectivity index (χ2v) is 9.68. The Kier molecular flexibility index (Phi) is 6.69. The molecule has 1 aromatic rings. The van der Waals surface area contributed by atoms with Gasteiger partial charge in [0.15, 0.2) is 0 Å². The van der Waals surface area contributed by atoms with E-state index in [9.17, 15) is 21.6 Å². The fraction of sp³-hybridized carbons (Fsp3) is 0.684. The maximum Gasteiger partial charge on any atom is 0.416 e. The van der Waals surface area contributed by atoms with Crippen molar-refractivity contribution in [2.45, 2.75) is 51.4 Å². The van der Waals surface area contributed by atoms with Crippen LogP contribution < -0.4 is 4.72 Å². The fourth-order valence-electron chi connectivity index (χ4n) is 3.96. The van der Waals surface area contributed by atoms with Crippen molar-refractivity contribution < 1.29 is 21.6 Å². The van der Waals surface area contributed by atoms with Crippen LogP contribution in [-0.4, -0.2) is 49.8 Å². The lowest BCUT2D eigenvalue weighted by Gasteiger charge is -2.35. The number of hydrogen-bond acceptors (Lipinski definition) is 3. The molecule has 5 nitrogen and oxygen atoms in total. The summed E-state index contributed by atoms with van der Waals surface area (Å²) in [5.74, 6) is 0.375. The summed E-state index contributed by atoms with van der Waals surface area (Å²) in [4.78, 5) is 2.07. The number of piperidine rings is 2. The third-order valence-electron chi connectivity index (χ3n) is 5.52. The van der Waals surface area contributed by atoms with Crippen LogP contribution >= 0.6 is 0 Å². The van der Waals surface area contributed by atoms with Crippen LogP contribution in [0.15, 0.2) is 24.3 Å². The molecule has 0 aliphatic carbocycles. The lowest BCUT2D eigenvalue weighted by atomic mass is 10.0. The van der Waals surface area contributed by atoms with Gasteiger partial charge in [-0.2, -0.15) is 30.6 Å². The SMILES string of the molecule is CC1CCCN(S(=O)(=O)NC2CCN(Cc3cccc(C(F)(F)F)c3)CC2)C1. The molecule has 0 spiro atoms. The molecule has 1 unspecified atom stereocenters. The summed E-state index contributed by atoms with van der Waals surface area (Å²) in [7, 11) is -3.47. The van der Waals surface area contributed by atoms with Crippen LogP contribution in [0, 0.1) is 5.92 Å². The van der Waals surface area contributed by atoms with E-state index in [-0.39, 0.29) is 6.04 Å². The Bertz CT molecular complexity index is 762. The lowest BCUT2D eigenvalue weighted by Crippen LogP contribution is -2.51. The van der Waals surface area contributed by atoms with Gasteiger partial charge in [-0.25, -0.2) is 0 Å². The Hall–Kier alpha value is -1.16. The van der Waals surface area contributed by atoms with Crippen LogP contribution in [-0.2, 0) is 22.9 Å². The van der Waals surface area contributed by atoms with Gasteiger partial charge in [0.1, 0.15) is 0 Å². The van der Waals surface area contributed by atoms with Gasteiger partial charge < -0.3 is 0 Å². The lowest BCUT2D eigenvalue weighted by molar-refractivity contribution is -0.137. The fourth-order valence-corrected chi connectivity index (χ4v) is 5.59. The normalized spacial score (nSPS) is 23.8. The summed E-state index contributed by atoms with van der Waals surface area (Å²) in [5.41, 5.74) is -0.0143. The van der Waals surface area contributed by atoms with Crippen molar-refractivity contribution in [1.82, 2.24) is 13.9 Å². The van der Waals surface area contributed by atoms with Gasteiger partial charge >= 0.3 is 6.18 Å². The second-order valence-electron chi connectivity index (χ2n) is 7.98. The van der Waals surface area contributed by atoms with Crippen LogP contribution in [0.4, 0.5) is 13.2 Å². The zero-order chi connectivity index (χ0) is 20.4. The van der Waals surface area contributed by atoms with E-state index in [1.165, 1.54) is 16.4 Å². The summed E-state index contributed by atoms with van der Waals surface area (Å²) in [6.45, 7) is 4.93. The molecular weight excluding hydrogens is 391 g/mol. The molecule has 1 aromatic carbocycles. The molecule has 2 aliphatic rings. The highest BCUT2D eigenvalue weighted by molar-refractivity contribution is 7.87. The third-order valence-corrected chi connectivity index (χ3v) is 7.17. The first-order valence-electron chi connectivity index (χ1n) is 9.79. The molecule has 2 saturated heterocycles.